The number of hydrogen-bond donors (Lipinski definition) is 0. The second kappa shape index (κ2) is 8.54. The molecule has 184 valence electrons. The monoisotopic (exact) mass is 503 g/mol. The molecule has 2 fully saturated rings. The number of aromatic nitrogens is 5. The fourth-order valence-electron chi connectivity index (χ4n) is 5.69. The van der Waals surface area contributed by atoms with Crippen molar-refractivity contribution in [3.8, 4) is 11.8 Å². The summed E-state index contributed by atoms with van der Waals surface area (Å²) in [6, 6.07) is 9.61. The first-order valence-corrected chi connectivity index (χ1v) is 12.4. The Labute approximate surface area is 214 Å². The number of rotatable bonds is 4. The standard InChI is InChI=1S/C25H26ClN9O/c1-32(2)22(36)13-33-11-16-7-18(26)3-4-20(16)35-21(12-33)30-31-23(35)17-8-25(9-17)14-34(15-25)24-28-6-5-19(10-27)29-24/h3-7,17H,8-9,11-15H2,1-2H3. The minimum absolute atomic E-state index is 0.0477. The fraction of sp³-hybridized carbons (Fsp3) is 0.440. The Morgan fingerprint density at radius 1 is 1.22 bits per heavy atom. The first-order valence-electron chi connectivity index (χ1n) is 12.0. The molecule has 36 heavy (non-hydrogen) atoms. The summed E-state index contributed by atoms with van der Waals surface area (Å²) in [4.78, 5) is 26.9. The van der Waals surface area contributed by atoms with Crippen molar-refractivity contribution in [2.75, 3.05) is 38.6 Å². The molecule has 3 aromatic rings. The molecule has 3 aliphatic rings. The predicted octanol–water partition coefficient (Wildman–Crippen LogP) is 2.37. The summed E-state index contributed by atoms with van der Waals surface area (Å²) in [6.07, 6.45) is 3.68. The molecule has 11 heteroatoms. The molecule has 0 bridgehead atoms. The van der Waals surface area contributed by atoms with Gasteiger partial charge in [0.05, 0.1) is 18.8 Å². The van der Waals surface area contributed by atoms with Crippen LogP contribution in [0.5, 0.6) is 0 Å². The lowest BCUT2D eigenvalue weighted by atomic mass is 9.57. The largest absolute Gasteiger partial charge is 0.348 e. The molecule has 1 aliphatic carbocycles. The number of amides is 1. The van der Waals surface area contributed by atoms with Crippen LogP contribution < -0.4 is 4.90 Å². The van der Waals surface area contributed by atoms with Crippen molar-refractivity contribution in [2.24, 2.45) is 5.41 Å². The third-order valence-corrected chi connectivity index (χ3v) is 7.71. The summed E-state index contributed by atoms with van der Waals surface area (Å²) in [6.45, 7) is 3.22. The van der Waals surface area contributed by atoms with Crippen molar-refractivity contribution < 1.29 is 4.79 Å². The van der Waals surface area contributed by atoms with Crippen LogP contribution in [-0.4, -0.2) is 74.2 Å². The molecule has 1 saturated heterocycles. The number of hydrogen-bond acceptors (Lipinski definition) is 8. The number of nitriles is 1. The van der Waals surface area contributed by atoms with Crippen molar-refractivity contribution in [1.82, 2.24) is 34.5 Å². The van der Waals surface area contributed by atoms with Gasteiger partial charge in [0.2, 0.25) is 11.9 Å². The Bertz CT molecular complexity index is 1380. The molecular weight excluding hydrogens is 478 g/mol. The van der Waals surface area contributed by atoms with Crippen LogP contribution in [-0.2, 0) is 17.9 Å². The van der Waals surface area contributed by atoms with Gasteiger partial charge in [-0.15, -0.1) is 10.2 Å². The van der Waals surface area contributed by atoms with E-state index in [9.17, 15) is 4.79 Å². The van der Waals surface area contributed by atoms with E-state index in [1.165, 1.54) is 0 Å². The Hall–Kier alpha value is -3.55. The lowest BCUT2D eigenvalue weighted by Gasteiger charge is -2.58. The van der Waals surface area contributed by atoms with E-state index in [1.54, 1.807) is 31.3 Å². The van der Waals surface area contributed by atoms with Gasteiger partial charge in [0, 0.05) is 56.3 Å². The van der Waals surface area contributed by atoms with Gasteiger partial charge in [-0.25, -0.2) is 9.97 Å². The van der Waals surface area contributed by atoms with E-state index in [4.69, 9.17) is 16.9 Å². The Morgan fingerprint density at radius 2 is 2.03 bits per heavy atom. The molecular formula is C25H26ClN9O. The van der Waals surface area contributed by atoms with Gasteiger partial charge in [0.25, 0.3) is 0 Å². The van der Waals surface area contributed by atoms with Crippen LogP contribution in [0.1, 0.15) is 41.7 Å². The number of carbonyl (C=O) groups excluding carboxylic acids is 1. The summed E-state index contributed by atoms with van der Waals surface area (Å²) in [5.41, 5.74) is 2.71. The van der Waals surface area contributed by atoms with E-state index < -0.39 is 0 Å². The minimum atomic E-state index is 0.0477. The van der Waals surface area contributed by atoms with Crippen molar-refractivity contribution in [2.45, 2.75) is 31.8 Å². The van der Waals surface area contributed by atoms with Gasteiger partial charge in [-0.2, -0.15) is 5.26 Å². The highest BCUT2D eigenvalue weighted by atomic mass is 35.5. The zero-order chi connectivity index (χ0) is 25.0. The van der Waals surface area contributed by atoms with Gasteiger partial charge < -0.3 is 9.80 Å². The first-order chi connectivity index (χ1) is 17.3. The van der Waals surface area contributed by atoms with Gasteiger partial charge in [0.1, 0.15) is 17.6 Å². The number of fused-ring (bicyclic) bond motifs is 3. The van der Waals surface area contributed by atoms with E-state index in [1.807, 2.05) is 18.2 Å². The second-order valence-corrected chi connectivity index (χ2v) is 10.8. The average molecular weight is 504 g/mol. The van der Waals surface area contributed by atoms with Crippen LogP contribution >= 0.6 is 11.6 Å². The molecule has 4 heterocycles. The number of carbonyl (C=O) groups is 1. The lowest BCUT2D eigenvalue weighted by molar-refractivity contribution is -0.130. The number of benzene rings is 1. The van der Waals surface area contributed by atoms with E-state index >= 15 is 0 Å². The normalized spacial score (nSPS) is 18.4. The molecule has 2 aliphatic heterocycles. The molecule has 0 N–H and O–H groups in total. The molecule has 2 aromatic heterocycles. The maximum atomic E-state index is 12.4. The molecule has 6 rings (SSSR count). The maximum Gasteiger partial charge on any atom is 0.236 e. The van der Waals surface area contributed by atoms with Crippen LogP contribution in [0.4, 0.5) is 5.95 Å². The van der Waals surface area contributed by atoms with Crippen LogP contribution in [0.2, 0.25) is 5.02 Å². The quantitative estimate of drug-likeness (QED) is 0.534. The van der Waals surface area contributed by atoms with Gasteiger partial charge in [0.15, 0.2) is 5.82 Å². The molecule has 1 amide bonds. The Kier molecular flexibility index (Phi) is 5.43. The summed E-state index contributed by atoms with van der Waals surface area (Å²) in [7, 11) is 3.54. The van der Waals surface area contributed by atoms with Crippen molar-refractivity contribution in [3.63, 3.8) is 0 Å². The molecule has 1 aromatic carbocycles. The lowest BCUT2D eigenvalue weighted by Crippen LogP contribution is -2.62. The molecule has 0 radical (unpaired) electrons. The third-order valence-electron chi connectivity index (χ3n) is 7.47. The maximum absolute atomic E-state index is 12.4. The van der Waals surface area contributed by atoms with E-state index in [-0.39, 0.29) is 11.3 Å². The zero-order valence-electron chi connectivity index (χ0n) is 20.2. The SMILES string of the molecule is CN(C)C(=O)CN1Cc2cc(Cl)ccc2-n2c(nnc2C2CC3(C2)CN(c2nccc(C#N)n2)C3)C1. The molecule has 1 spiro atoms. The van der Waals surface area contributed by atoms with Gasteiger partial charge in [-0.1, -0.05) is 11.6 Å². The summed E-state index contributed by atoms with van der Waals surface area (Å²) in [5, 5.41) is 19.0. The second-order valence-electron chi connectivity index (χ2n) is 10.3. The van der Waals surface area contributed by atoms with E-state index in [2.05, 4.69) is 40.6 Å². The van der Waals surface area contributed by atoms with Crippen LogP contribution in [0.15, 0.2) is 30.5 Å². The van der Waals surface area contributed by atoms with Crippen molar-refractivity contribution in [3.05, 3.63) is 58.4 Å². The molecule has 0 atom stereocenters. The Morgan fingerprint density at radius 3 is 2.78 bits per heavy atom. The van der Waals surface area contributed by atoms with Crippen LogP contribution in [0, 0.1) is 16.7 Å². The van der Waals surface area contributed by atoms with Gasteiger partial charge in [-0.05, 0) is 42.7 Å². The van der Waals surface area contributed by atoms with Crippen molar-refractivity contribution in [1.29, 1.82) is 5.26 Å². The minimum Gasteiger partial charge on any atom is -0.348 e. The Balaban J connectivity index is 1.22. The fourth-order valence-corrected chi connectivity index (χ4v) is 5.89. The van der Waals surface area contributed by atoms with Crippen LogP contribution in [0.25, 0.3) is 5.69 Å². The van der Waals surface area contributed by atoms with Crippen molar-refractivity contribution >= 4 is 23.5 Å². The number of likely N-dealkylation sites (N-methyl/N-ethyl adjacent to an activating group) is 1. The summed E-state index contributed by atoms with van der Waals surface area (Å²) < 4.78 is 2.18. The number of nitrogens with zero attached hydrogens (tertiary/aromatic N) is 9. The molecule has 1 saturated carbocycles. The zero-order valence-corrected chi connectivity index (χ0v) is 21.0. The van der Waals surface area contributed by atoms with E-state index in [0.717, 1.165) is 48.8 Å². The predicted molar refractivity (Wildman–Crippen MR) is 133 cm³/mol. The average Bonchev–Trinajstić information content (AvgIpc) is 3.13. The summed E-state index contributed by atoms with van der Waals surface area (Å²) in [5.74, 6) is 2.79. The highest BCUT2D eigenvalue weighted by molar-refractivity contribution is 6.30. The van der Waals surface area contributed by atoms with Gasteiger partial charge in [-0.3, -0.25) is 14.3 Å². The van der Waals surface area contributed by atoms with E-state index in [0.29, 0.717) is 42.2 Å². The number of anilines is 1. The number of halogens is 1. The van der Waals surface area contributed by atoms with Crippen LogP contribution in [0.3, 0.4) is 0 Å². The van der Waals surface area contributed by atoms with Gasteiger partial charge >= 0.3 is 0 Å². The third kappa shape index (κ3) is 3.88. The smallest absolute Gasteiger partial charge is 0.236 e. The summed E-state index contributed by atoms with van der Waals surface area (Å²) >= 11 is 6.36. The highest BCUT2D eigenvalue weighted by Crippen LogP contribution is 2.56. The highest BCUT2D eigenvalue weighted by Gasteiger charge is 2.54. The molecule has 10 nitrogen and oxygen atoms in total. The molecule has 0 unspecified atom stereocenters. The first kappa shape index (κ1) is 22.9. The topological polar surface area (TPSA) is 107 Å².